The van der Waals surface area contributed by atoms with Gasteiger partial charge in [0.25, 0.3) is 0 Å². The van der Waals surface area contributed by atoms with Crippen molar-refractivity contribution in [3.05, 3.63) is 64.5 Å². The van der Waals surface area contributed by atoms with Gasteiger partial charge in [-0.3, -0.25) is 4.79 Å². The summed E-state index contributed by atoms with van der Waals surface area (Å²) in [5, 5.41) is 9.70. The van der Waals surface area contributed by atoms with E-state index in [1.807, 2.05) is 18.2 Å². The second kappa shape index (κ2) is 12.0. The molecule has 0 spiro atoms. The van der Waals surface area contributed by atoms with Crippen LogP contribution in [0.2, 0.25) is 0 Å². The van der Waals surface area contributed by atoms with Crippen molar-refractivity contribution in [3.63, 3.8) is 0 Å². The summed E-state index contributed by atoms with van der Waals surface area (Å²) in [5.74, 6) is 0.642. The molecule has 0 aromatic heterocycles. The Morgan fingerprint density at radius 3 is 2.43 bits per heavy atom. The largest absolute Gasteiger partial charge is 0.493 e. The molecule has 0 unspecified atom stereocenters. The highest BCUT2D eigenvalue weighted by atomic mass is 19.1. The number of amides is 1. The molecule has 2 fully saturated rings. The highest BCUT2D eigenvalue weighted by molar-refractivity contribution is 5.79. The highest BCUT2D eigenvalue weighted by Crippen LogP contribution is 2.25. The highest BCUT2D eigenvalue weighted by Gasteiger charge is 2.25. The summed E-state index contributed by atoms with van der Waals surface area (Å²) in [7, 11) is 0. The Balaban J connectivity index is 1.31. The third-order valence-corrected chi connectivity index (χ3v) is 7.31. The first kappa shape index (κ1) is 27.1. The average Bonchev–Trinajstić information content (AvgIpc) is 3.40. The summed E-state index contributed by atoms with van der Waals surface area (Å²) in [5.41, 5.74) is 1.29. The van der Waals surface area contributed by atoms with Gasteiger partial charge < -0.3 is 14.5 Å². The summed E-state index contributed by atoms with van der Waals surface area (Å²) in [6, 6.07) is 12.7. The third-order valence-electron chi connectivity index (χ3n) is 7.31. The van der Waals surface area contributed by atoms with Gasteiger partial charge in [-0.05, 0) is 99.8 Å². The Morgan fingerprint density at radius 2 is 1.78 bits per heavy atom. The Bertz CT molecular complexity index is 1120. The Morgan fingerprint density at radius 1 is 1.08 bits per heavy atom. The van der Waals surface area contributed by atoms with Crippen molar-refractivity contribution in [1.82, 2.24) is 9.80 Å². The quantitative estimate of drug-likeness (QED) is 0.461. The van der Waals surface area contributed by atoms with E-state index >= 15 is 0 Å². The Hall–Kier alpha value is -2.98. The molecule has 0 aliphatic carbocycles. The van der Waals surface area contributed by atoms with E-state index in [0.29, 0.717) is 42.4 Å². The van der Waals surface area contributed by atoms with Gasteiger partial charge in [0.05, 0.1) is 24.7 Å². The van der Waals surface area contributed by atoms with Gasteiger partial charge in [-0.2, -0.15) is 5.26 Å². The number of hydrogen-bond donors (Lipinski definition) is 0. The fraction of sp³-hybridized carbons (Fsp3) is 0.533. The molecule has 2 aliphatic rings. The van der Waals surface area contributed by atoms with E-state index in [-0.39, 0.29) is 18.1 Å². The zero-order chi connectivity index (χ0) is 26.4. The molecule has 2 aromatic carbocycles. The number of nitrogens with zero attached hydrogens (tertiary/aromatic N) is 3. The van der Waals surface area contributed by atoms with Crippen molar-refractivity contribution in [1.29, 1.82) is 5.26 Å². The zero-order valence-corrected chi connectivity index (χ0v) is 21.9. The molecule has 0 N–H and O–H groups in total. The van der Waals surface area contributed by atoms with Crippen LogP contribution in [0.15, 0.2) is 36.4 Å². The number of benzene rings is 2. The molecule has 0 bridgehead atoms. The molecule has 4 rings (SSSR count). The summed E-state index contributed by atoms with van der Waals surface area (Å²) in [4.78, 5) is 16.3. The Kier molecular flexibility index (Phi) is 8.81. The topological polar surface area (TPSA) is 56.6 Å². The van der Waals surface area contributed by atoms with Crippen LogP contribution in [0.1, 0.15) is 61.8 Å². The minimum absolute atomic E-state index is 0.0271. The third kappa shape index (κ3) is 7.75. The fourth-order valence-corrected chi connectivity index (χ4v) is 5.27. The van der Waals surface area contributed by atoms with Gasteiger partial charge in [-0.25, -0.2) is 8.78 Å². The van der Waals surface area contributed by atoms with Gasteiger partial charge in [-0.15, -0.1) is 0 Å². The number of rotatable bonds is 9. The number of carbonyl (C=O) groups is 1. The molecule has 198 valence electrons. The lowest BCUT2D eigenvalue weighted by Crippen LogP contribution is -2.41. The van der Waals surface area contributed by atoms with Crippen LogP contribution >= 0.6 is 0 Å². The maximum Gasteiger partial charge on any atom is 0.227 e. The van der Waals surface area contributed by atoms with E-state index in [4.69, 9.17) is 4.74 Å². The van der Waals surface area contributed by atoms with Crippen LogP contribution in [-0.2, 0) is 17.6 Å². The normalized spacial score (nSPS) is 17.1. The number of carbonyl (C=O) groups excluding carboxylic acids is 1. The molecular weight excluding hydrogens is 472 g/mol. The van der Waals surface area contributed by atoms with E-state index in [2.05, 4.69) is 11.0 Å². The van der Waals surface area contributed by atoms with Crippen LogP contribution in [0.5, 0.6) is 5.75 Å². The van der Waals surface area contributed by atoms with E-state index in [1.54, 1.807) is 30.9 Å². The second-order valence-electron chi connectivity index (χ2n) is 11.0. The first-order valence-electron chi connectivity index (χ1n) is 13.3. The molecule has 37 heavy (non-hydrogen) atoms. The summed E-state index contributed by atoms with van der Waals surface area (Å²) >= 11 is 0. The number of hydrogen-bond acceptors (Lipinski definition) is 4. The minimum atomic E-state index is -1.18. The molecule has 0 radical (unpaired) electrons. The number of likely N-dealkylation sites (tertiary alicyclic amines) is 2. The molecule has 0 saturated carbocycles. The van der Waals surface area contributed by atoms with Crippen LogP contribution in [-0.4, -0.2) is 60.7 Å². The lowest BCUT2D eigenvalue weighted by Gasteiger charge is -2.34. The molecule has 0 atom stereocenters. The van der Waals surface area contributed by atoms with Crippen molar-refractivity contribution in [3.8, 4) is 11.8 Å². The maximum atomic E-state index is 14.8. The smallest absolute Gasteiger partial charge is 0.227 e. The molecule has 2 saturated heterocycles. The fourth-order valence-electron chi connectivity index (χ4n) is 5.27. The van der Waals surface area contributed by atoms with Crippen LogP contribution in [0.3, 0.4) is 0 Å². The standard InChI is InChI=1S/C30H37F2N3O2/c1-30(2,32)21-34-13-9-22(10-14-34)20-37-27-8-7-24(26(17-27)19-33)15-23-5-6-25(28(31)16-23)18-29(36)35-11-3-4-12-35/h5-8,16-17,22H,3-4,9-15,18,20-21H2,1-2H3. The van der Waals surface area contributed by atoms with Crippen molar-refractivity contribution in [2.24, 2.45) is 5.92 Å². The number of piperidine rings is 1. The summed E-state index contributed by atoms with van der Waals surface area (Å²) < 4.78 is 34.6. The van der Waals surface area contributed by atoms with E-state index in [0.717, 1.165) is 63.0 Å². The van der Waals surface area contributed by atoms with Gasteiger partial charge in [0.2, 0.25) is 5.91 Å². The maximum absolute atomic E-state index is 14.8. The molecule has 5 nitrogen and oxygen atoms in total. The number of halogens is 2. The second-order valence-corrected chi connectivity index (χ2v) is 11.0. The van der Waals surface area contributed by atoms with Crippen molar-refractivity contribution < 1.29 is 18.3 Å². The first-order valence-corrected chi connectivity index (χ1v) is 13.3. The van der Waals surface area contributed by atoms with Crippen molar-refractivity contribution >= 4 is 5.91 Å². The van der Waals surface area contributed by atoms with Crippen LogP contribution in [0, 0.1) is 23.1 Å². The predicted octanol–water partition coefficient (Wildman–Crippen LogP) is 5.29. The lowest BCUT2D eigenvalue weighted by molar-refractivity contribution is -0.129. The monoisotopic (exact) mass is 509 g/mol. The van der Waals surface area contributed by atoms with Crippen LogP contribution < -0.4 is 4.74 Å². The van der Waals surface area contributed by atoms with Gasteiger partial charge in [-0.1, -0.05) is 18.2 Å². The van der Waals surface area contributed by atoms with Gasteiger partial charge >= 0.3 is 0 Å². The van der Waals surface area contributed by atoms with Crippen LogP contribution in [0.4, 0.5) is 8.78 Å². The number of ether oxygens (including phenoxy) is 1. The van der Waals surface area contributed by atoms with E-state index in [1.165, 1.54) is 6.07 Å². The van der Waals surface area contributed by atoms with E-state index < -0.39 is 5.67 Å². The summed E-state index contributed by atoms with van der Waals surface area (Å²) in [6.07, 6.45) is 4.45. The lowest BCUT2D eigenvalue weighted by atomic mass is 9.96. The predicted molar refractivity (Wildman–Crippen MR) is 140 cm³/mol. The number of nitriles is 1. The SMILES string of the molecule is CC(C)(F)CN1CCC(COc2ccc(Cc3ccc(CC(=O)N4CCCC4)c(F)c3)c(C#N)c2)CC1. The minimum Gasteiger partial charge on any atom is -0.493 e. The number of alkyl halides is 1. The zero-order valence-electron chi connectivity index (χ0n) is 21.9. The summed E-state index contributed by atoms with van der Waals surface area (Å²) in [6.45, 7) is 7.50. The molecule has 7 heteroatoms. The van der Waals surface area contributed by atoms with Crippen LogP contribution in [0.25, 0.3) is 0 Å². The Labute approximate surface area is 219 Å². The van der Waals surface area contributed by atoms with Gasteiger partial charge in [0.15, 0.2) is 0 Å². The molecule has 2 aromatic rings. The van der Waals surface area contributed by atoms with Gasteiger partial charge in [0.1, 0.15) is 17.2 Å². The molecule has 1 amide bonds. The van der Waals surface area contributed by atoms with Crippen molar-refractivity contribution in [2.45, 2.75) is 58.0 Å². The average molecular weight is 510 g/mol. The molecule has 2 heterocycles. The molecule has 2 aliphatic heterocycles. The van der Waals surface area contributed by atoms with Crippen molar-refractivity contribution in [2.75, 3.05) is 39.3 Å². The first-order chi connectivity index (χ1) is 17.7. The van der Waals surface area contributed by atoms with E-state index in [9.17, 15) is 18.8 Å². The molecular formula is C30H37F2N3O2. The van der Waals surface area contributed by atoms with Gasteiger partial charge in [0, 0.05) is 19.6 Å².